The average molecular weight is 454 g/mol. The number of nitrogens with zero attached hydrogens (tertiary/aromatic N) is 3. The van der Waals surface area contributed by atoms with Gasteiger partial charge in [0.15, 0.2) is 16.7 Å². The summed E-state index contributed by atoms with van der Waals surface area (Å²) < 4.78 is 0. The number of Topliss-reactive ketones (excluding diaryl/α,β-unsaturated/α-hetero) is 1. The highest BCUT2D eigenvalue weighted by molar-refractivity contribution is 6.18. The van der Waals surface area contributed by atoms with Gasteiger partial charge in [-0.1, -0.05) is 36.4 Å². The van der Waals surface area contributed by atoms with Gasteiger partial charge in [-0.25, -0.2) is 4.98 Å². The Morgan fingerprint density at radius 3 is 2.71 bits per heavy atom. The molecule has 0 radical (unpaired) electrons. The Labute approximate surface area is 194 Å². The number of amides is 1. The van der Waals surface area contributed by atoms with Crippen LogP contribution in [0, 0.1) is 16.7 Å². The van der Waals surface area contributed by atoms with E-state index in [0.29, 0.717) is 34.6 Å². The van der Waals surface area contributed by atoms with Crippen molar-refractivity contribution in [1.29, 1.82) is 5.26 Å². The topological polar surface area (TPSA) is 149 Å². The molecule has 5 N–H and O–H groups in total. The number of hydrogen-bond donors (Lipinski definition) is 3. The van der Waals surface area contributed by atoms with Crippen molar-refractivity contribution in [1.82, 2.24) is 19.9 Å². The molecule has 9 nitrogen and oxygen atoms in total. The summed E-state index contributed by atoms with van der Waals surface area (Å²) in [6.45, 7) is 0.303. The molecule has 9 heteroatoms. The summed E-state index contributed by atoms with van der Waals surface area (Å²) in [7, 11) is 1.79. The fourth-order valence-corrected chi connectivity index (χ4v) is 5.88. The molecule has 1 saturated heterocycles. The van der Waals surface area contributed by atoms with E-state index in [0.717, 1.165) is 5.52 Å². The van der Waals surface area contributed by atoms with E-state index < -0.39 is 22.7 Å². The lowest BCUT2D eigenvalue weighted by atomic mass is 9.59. The minimum Gasteiger partial charge on any atom is -0.412 e. The van der Waals surface area contributed by atoms with E-state index in [1.807, 2.05) is 47.4 Å². The van der Waals surface area contributed by atoms with Crippen LogP contribution in [0.5, 0.6) is 0 Å². The third kappa shape index (κ3) is 2.36. The van der Waals surface area contributed by atoms with Gasteiger partial charge in [0.1, 0.15) is 5.82 Å². The van der Waals surface area contributed by atoms with E-state index in [-0.39, 0.29) is 11.4 Å². The summed E-state index contributed by atoms with van der Waals surface area (Å²) in [5.74, 6) is -0.929. The Morgan fingerprint density at radius 2 is 1.94 bits per heavy atom. The van der Waals surface area contributed by atoms with Gasteiger partial charge in [0, 0.05) is 52.9 Å². The van der Waals surface area contributed by atoms with Crippen molar-refractivity contribution >= 4 is 28.3 Å². The molecule has 0 bridgehead atoms. The summed E-state index contributed by atoms with van der Waals surface area (Å²) in [6, 6.07) is 17.1. The van der Waals surface area contributed by atoms with Crippen LogP contribution in [-0.2, 0) is 10.3 Å². The fourth-order valence-electron chi connectivity index (χ4n) is 5.88. The molecule has 4 aromatic rings. The maximum Gasteiger partial charge on any atom is 0.251 e. The smallest absolute Gasteiger partial charge is 0.251 e. The third-order valence-corrected chi connectivity index (χ3v) is 7.23. The zero-order valence-electron chi connectivity index (χ0n) is 18.3. The minimum atomic E-state index is -1.76. The lowest BCUT2D eigenvalue weighted by Gasteiger charge is -2.40. The number of nitriles is 1. The molecule has 2 aliphatic heterocycles. The molecule has 2 aromatic carbocycles. The Kier molecular flexibility index (Phi) is 4.68. The molecule has 3 atom stereocenters. The SMILES string of the molecule is CN1C[C@@H](c2ncc[nH]2)[C@](C#N)(C(=O)c2c[nH]c3ccccc23)[C@]12C(=O)Nc1ccccc12.O. The standard InChI is InChI=1S/C25H20N6O2.H2O/c1-31-13-18(22-27-10-11-28-22)24(14-26,21(32)16-12-29-19-8-4-2-6-15(16)19)25(31)17-7-3-5-9-20(17)30-23(25)33;/h2-12,18,29H,13H2,1H3,(H,27,28)(H,30,33);1H2/t18-,24+,25-;/m0./s1. The number of rotatable bonds is 3. The Hall–Kier alpha value is -4.26. The van der Waals surface area contributed by atoms with Gasteiger partial charge in [0.05, 0.1) is 12.0 Å². The van der Waals surface area contributed by atoms with Crippen molar-refractivity contribution in [3.05, 3.63) is 84.1 Å². The minimum absolute atomic E-state index is 0. The van der Waals surface area contributed by atoms with Gasteiger partial charge in [-0.3, -0.25) is 14.5 Å². The lowest BCUT2D eigenvalue weighted by molar-refractivity contribution is -0.128. The largest absolute Gasteiger partial charge is 0.412 e. The highest BCUT2D eigenvalue weighted by Gasteiger charge is 2.75. The van der Waals surface area contributed by atoms with Crippen molar-refractivity contribution < 1.29 is 15.1 Å². The molecule has 1 fully saturated rings. The van der Waals surface area contributed by atoms with Crippen LogP contribution in [0.2, 0.25) is 0 Å². The molecule has 0 aliphatic carbocycles. The molecule has 4 heterocycles. The van der Waals surface area contributed by atoms with Crippen LogP contribution in [-0.4, -0.2) is 50.6 Å². The number of fused-ring (bicyclic) bond motifs is 3. The highest BCUT2D eigenvalue weighted by Crippen LogP contribution is 2.62. The van der Waals surface area contributed by atoms with E-state index in [1.165, 1.54) is 0 Å². The zero-order valence-corrected chi connectivity index (χ0v) is 18.3. The number of carbonyl (C=O) groups is 2. The van der Waals surface area contributed by atoms with Crippen molar-refractivity contribution in [2.45, 2.75) is 11.5 Å². The Balaban J connectivity index is 0.00000241. The summed E-state index contributed by atoms with van der Waals surface area (Å²) in [5, 5.41) is 14.5. The fraction of sp³-hybridized carbons (Fsp3) is 0.200. The maximum absolute atomic E-state index is 14.6. The first-order valence-electron chi connectivity index (χ1n) is 10.7. The number of benzene rings is 2. The number of para-hydroxylation sites is 2. The van der Waals surface area contributed by atoms with Crippen LogP contribution < -0.4 is 5.32 Å². The van der Waals surface area contributed by atoms with Crippen molar-refractivity contribution in [2.75, 3.05) is 18.9 Å². The molecule has 6 rings (SSSR count). The van der Waals surface area contributed by atoms with Crippen molar-refractivity contribution in [3.8, 4) is 6.07 Å². The van der Waals surface area contributed by atoms with Crippen LogP contribution >= 0.6 is 0 Å². The van der Waals surface area contributed by atoms with Gasteiger partial charge < -0.3 is 20.8 Å². The molecule has 2 aromatic heterocycles. The van der Waals surface area contributed by atoms with Crippen molar-refractivity contribution in [3.63, 3.8) is 0 Å². The van der Waals surface area contributed by atoms with Crippen LogP contribution in [0.15, 0.2) is 67.1 Å². The van der Waals surface area contributed by atoms with Gasteiger partial charge in [-0.05, 0) is 19.2 Å². The number of anilines is 1. The van der Waals surface area contributed by atoms with E-state index in [4.69, 9.17) is 0 Å². The summed E-state index contributed by atoms with van der Waals surface area (Å²) >= 11 is 0. The quantitative estimate of drug-likeness (QED) is 0.406. The number of likely N-dealkylation sites (tertiary alicyclic amines) is 1. The molecule has 34 heavy (non-hydrogen) atoms. The first kappa shape index (κ1) is 21.6. The molecular formula is C25H22N6O3. The van der Waals surface area contributed by atoms with Gasteiger partial charge in [0.2, 0.25) is 0 Å². The molecule has 170 valence electrons. The second-order valence-corrected chi connectivity index (χ2v) is 8.61. The number of aromatic amines is 2. The maximum atomic E-state index is 14.6. The third-order valence-electron chi connectivity index (χ3n) is 7.23. The number of hydrogen-bond acceptors (Lipinski definition) is 5. The second-order valence-electron chi connectivity index (χ2n) is 8.61. The number of carbonyl (C=O) groups excluding carboxylic acids is 2. The predicted octanol–water partition coefficient (Wildman–Crippen LogP) is 2.34. The Bertz CT molecular complexity index is 1470. The molecule has 1 amide bonds. The number of H-pyrrole nitrogens is 2. The zero-order chi connectivity index (χ0) is 22.8. The van der Waals surface area contributed by atoms with Gasteiger partial charge in [-0.2, -0.15) is 5.26 Å². The van der Waals surface area contributed by atoms with Crippen LogP contribution in [0.3, 0.4) is 0 Å². The number of imidazole rings is 1. The number of likely N-dealkylation sites (N-methyl/N-ethyl adjacent to an activating group) is 1. The highest BCUT2D eigenvalue weighted by atomic mass is 16.2. The van der Waals surface area contributed by atoms with Crippen LogP contribution in [0.25, 0.3) is 10.9 Å². The molecule has 1 spiro atoms. The van der Waals surface area contributed by atoms with Gasteiger partial charge >= 0.3 is 0 Å². The number of aromatic nitrogens is 3. The monoisotopic (exact) mass is 454 g/mol. The summed E-state index contributed by atoms with van der Waals surface area (Å²) in [6.07, 6.45) is 4.90. The first-order valence-corrected chi connectivity index (χ1v) is 10.7. The normalized spacial score (nSPS) is 25.6. The molecule has 0 unspecified atom stereocenters. The van der Waals surface area contributed by atoms with E-state index in [2.05, 4.69) is 26.3 Å². The van der Waals surface area contributed by atoms with E-state index in [9.17, 15) is 14.9 Å². The van der Waals surface area contributed by atoms with E-state index in [1.54, 1.807) is 31.7 Å². The summed E-state index contributed by atoms with van der Waals surface area (Å²) in [5.41, 5.74) is -0.857. The second kappa shape index (κ2) is 7.38. The molecule has 0 saturated carbocycles. The van der Waals surface area contributed by atoms with Crippen LogP contribution in [0.4, 0.5) is 5.69 Å². The van der Waals surface area contributed by atoms with Crippen LogP contribution in [0.1, 0.15) is 27.7 Å². The van der Waals surface area contributed by atoms with E-state index >= 15 is 0 Å². The number of ketones is 1. The molecule has 2 aliphatic rings. The Morgan fingerprint density at radius 1 is 1.18 bits per heavy atom. The van der Waals surface area contributed by atoms with Gasteiger partial charge in [0.25, 0.3) is 5.91 Å². The summed E-state index contributed by atoms with van der Waals surface area (Å²) in [4.78, 5) is 40.8. The first-order chi connectivity index (χ1) is 16.1. The predicted molar refractivity (Wildman–Crippen MR) is 125 cm³/mol. The molecular weight excluding hydrogens is 432 g/mol. The number of nitrogens with one attached hydrogen (secondary N) is 3. The van der Waals surface area contributed by atoms with Gasteiger partial charge in [-0.15, -0.1) is 0 Å². The van der Waals surface area contributed by atoms with Crippen molar-refractivity contribution in [2.24, 2.45) is 5.41 Å². The lowest BCUT2D eigenvalue weighted by Crippen LogP contribution is -2.58. The average Bonchev–Trinajstić information content (AvgIpc) is 3.60.